The zero-order valence-electron chi connectivity index (χ0n) is 11.1. The highest BCUT2D eigenvalue weighted by Crippen LogP contribution is 2.17. The molecule has 18 heavy (non-hydrogen) atoms. The highest BCUT2D eigenvalue weighted by Gasteiger charge is 2.17. The van der Waals surface area contributed by atoms with E-state index < -0.39 is 0 Å². The van der Waals surface area contributed by atoms with E-state index in [2.05, 4.69) is 26.0 Å². The lowest BCUT2D eigenvalue weighted by atomic mass is 9.94. The molecule has 0 aliphatic carbocycles. The first kappa shape index (κ1) is 12.2. The summed E-state index contributed by atoms with van der Waals surface area (Å²) in [4.78, 5) is 6.97. The molecule has 1 N–H and O–H groups in total. The van der Waals surface area contributed by atoms with E-state index in [1.54, 1.807) is 0 Å². The van der Waals surface area contributed by atoms with E-state index in [1.165, 1.54) is 57.7 Å². The predicted molar refractivity (Wildman–Crippen MR) is 72.3 cm³/mol. The maximum Gasteiger partial charge on any atom is 0.122 e. The summed E-state index contributed by atoms with van der Waals surface area (Å²) in [6, 6.07) is 0. The van der Waals surface area contributed by atoms with Crippen molar-refractivity contribution in [1.29, 1.82) is 0 Å². The van der Waals surface area contributed by atoms with Crippen molar-refractivity contribution in [1.82, 2.24) is 19.8 Å². The lowest BCUT2D eigenvalue weighted by Crippen LogP contribution is -2.35. The monoisotopic (exact) mass is 248 g/mol. The molecule has 4 heteroatoms. The molecule has 1 fully saturated rings. The smallest absolute Gasteiger partial charge is 0.122 e. The third kappa shape index (κ3) is 2.93. The van der Waals surface area contributed by atoms with E-state index in [0.717, 1.165) is 19.0 Å². The van der Waals surface area contributed by atoms with Crippen LogP contribution in [-0.2, 0) is 13.1 Å². The Hall–Kier alpha value is -0.870. The Morgan fingerprint density at radius 1 is 1.39 bits per heavy atom. The van der Waals surface area contributed by atoms with Gasteiger partial charge in [-0.05, 0) is 51.2 Å². The van der Waals surface area contributed by atoms with E-state index >= 15 is 0 Å². The zero-order chi connectivity index (χ0) is 12.2. The molecule has 3 rings (SSSR count). The summed E-state index contributed by atoms with van der Waals surface area (Å²) >= 11 is 0. The fourth-order valence-corrected chi connectivity index (χ4v) is 3.19. The molecule has 0 spiro atoms. The third-order valence-corrected chi connectivity index (χ3v) is 4.31. The second-order valence-corrected chi connectivity index (χ2v) is 5.67. The molecule has 0 radical (unpaired) electrons. The molecular formula is C14H24N4. The van der Waals surface area contributed by atoms with Gasteiger partial charge in [-0.3, -0.25) is 4.90 Å². The molecule has 1 unspecified atom stereocenters. The van der Waals surface area contributed by atoms with Crippen molar-refractivity contribution in [2.24, 2.45) is 5.92 Å². The van der Waals surface area contributed by atoms with Crippen molar-refractivity contribution in [2.75, 3.05) is 26.2 Å². The first-order valence-electron chi connectivity index (χ1n) is 7.35. The maximum atomic E-state index is 4.42. The van der Waals surface area contributed by atoms with Crippen molar-refractivity contribution < 1.29 is 0 Å². The van der Waals surface area contributed by atoms with Gasteiger partial charge in [0.25, 0.3) is 0 Å². The average molecular weight is 248 g/mol. The molecule has 100 valence electrons. The van der Waals surface area contributed by atoms with Gasteiger partial charge >= 0.3 is 0 Å². The first-order chi connectivity index (χ1) is 8.92. The molecule has 1 aromatic heterocycles. The van der Waals surface area contributed by atoms with Gasteiger partial charge in [-0.25, -0.2) is 4.98 Å². The molecule has 2 aliphatic heterocycles. The SMILES string of the molecule is c1cn2c(n1)CN(CCCC1CCCNC1)CC2. The highest BCUT2D eigenvalue weighted by molar-refractivity contribution is 4.95. The summed E-state index contributed by atoms with van der Waals surface area (Å²) in [6.07, 6.45) is 9.54. The fourth-order valence-electron chi connectivity index (χ4n) is 3.19. The molecular weight excluding hydrogens is 224 g/mol. The summed E-state index contributed by atoms with van der Waals surface area (Å²) in [6.45, 7) is 7.04. The Kier molecular flexibility index (Phi) is 3.96. The van der Waals surface area contributed by atoms with Gasteiger partial charge in [-0.2, -0.15) is 0 Å². The van der Waals surface area contributed by atoms with Gasteiger partial charge in [-0.1, -0.05) is 0 Å². The summed E-state index contributed by atoms with van der Waals surface area (Å²) in [5.74, 6) is 2.16. The normalized spacial score (nSPS) is 25.0. The van der Waals surface area contributed by atoms with E-state index in [4.69, 9.17) is 0 Å². The van der Waals surface area contributed by atoms with Gasteiger partial charge < -0.3 is 9.88 Å². The number of aromatic nitrogens is 2. The number of imidazole rings is 1. The molecule has 2 aliphatic rings. The lowest BCUT2D eigenvalue weighted by Gasteiger charge is -2.28. The van der Waals surface area contributed by atoms with Crippen LogP contribution >= 0.6 is 0 Å². The topological polar surface area (TPSA) is 33.1 Å². The molecule has 1 saturated heterocycles. The number of nitrogens with zero attached hydrogens (tertiary/aromatic N) is 3. The van der Waals surface area contributed by atoms with Crippen molar-refractivity contribution >= 4 is 0 Å². The maximum absolute atomic E-state index is 4.42. The second kappa shape index (κ2) is 5.85. The summed E-state index contributed by atoms with van der Waals surface area (Å²) in [7, 11) is 0. The molecule has 0 saturated carbocycles. The van der Waals surface area contributed by atoms with Crippen LogP contribution in [0.4, 0.5) is 0 Å². The number of hydrogen-bond acceptors (Lipinski definition) is 3. The minimum atomic E-state index is 0.922. The van der Waals surface area contributed by atoms with Crippen molar-refractivity contribution in [2.45, 2.75) is 38.8 Å². The van der Waals surface area contributed by atoms with Gasteiger partial charge in [0.15, 0.2) is 0 Å². The largest absolute Gasteiger partial charge is 0.333 e. The molecule has 0 amide bonds. The summed E-state index contributed by atoms with van der Waals surface area (Å²) in [5.41, 5.74) is 0. The molecule has 1 atom stereocenters. The fraction of sp³-hybridized carbons (Fsp3) is 0.786. The quantitative estimate of drug-likeness (QED) is 0.876. The van der Waals surface area contributed by atoms with Crippen LogP contribution in [0.2, 0.25) is 0 Å². The van der Waals surface area contributed by atoms with Crippen molar-refractivity contribution in [3.05, 3.63) is 18.2 Å². The van der Waals surface area contributed by atoms with Gasteiger partial charge in [-0.15, -0.1) is 0 Å². The summed E-state index contributed by atoms with van der Waals surface area (Å²) < 4.78 is 2.28. The van der Waals surface area contributed by atoms with E-state index in [9.17, 15) is 0 Å². The Labute approximate surface area is 109 Å². The number of nitrogens with one attached hydrogen (secondary N) is 1. The Morgan fingerprint density at radius 2 is 2.39 bits per heavy atom. The van der Waals surface area contributed by atoms with E-state index in [-0.39, 0.29) is 0 Å². The van der Waals surface area contributed by atoms with Crippen LogP contribution in [0.5, 0.6) is 0 Å². The highest BCUT2D eigenvalue weighted by atomic mass is 15.2. The molecule has 0 aromatic carbocycles. The lowest BCUT2D eigenvalue weighted by molar-refractivity contribution is 0.205. The van der Waals surface area contributed by atoms with E-state index in [1.807, 2.05) is 6.20 Å². The third-order valence-electron chi connectivity index (χ3n) is 4.31. The first-order valence-corrected chi connectivity index (χ1v) is 7.35. The van der Waals surface area contributed by atoms with Gasteiger partial charge in [0, 0.05) is 25.5 Å². The molecule has 3 heterocycles. The van der Waals surface area contributed by atoms with Crippen LogP contribution in [0, 0.1) is 5.92 Å². The van der Waals surface area contributed by atoms with Gasteiger partial charge in [0.1, 0.15) is 5.82 Å². The Morgan fingerprint density at radius 3 is 3.28 bits per heavy atom. The molecule has 0 bridgehead atoms. The van der Waals surface area contributed by atoms with Crippen LogP contribution in [0.15, 0.2) is 12.4 Å². The zero-order valence-corrected chi connectivity index (χ0v) is 11.1. The minimum absolute atomic E-state index is 0.922. The van der Waals surface area contributed by atoms with Crippen LogP contribution in [0.3, 0.4) is 0 Å². The van der Waals surface area contributed by atoms with Crippen LogP contribution in [0.25, 0.3) is 0 Å². The number of hydrogen-bond donors (Lipinski definition) is 1. The molecule has 4 nitrogen and oxygen atoms in total. The van der Waals surface area contributed by atoms with Crippen molar-refractivity contribution in [3.63, 3.8) is 0 Å². The summed E-state index contributed by atoms with van der Waals surface area (Å²) in [5, 5.41) is 3.51. The molecule has 1 aromatic rings. The van der Waals surface area contributed by atoms with Crippen LogP contribution in [-0.4, -0.2) is 40.6 Å². The standard InChI is InChI=1S/C14H24N4/c1-3-13(11-15-5-1)4-2-7-17-9-10-18-8-6-16-14(18)12-17/h6,8,13,15H,1-5,7,9-12H2. The Bertz CT molecular complexity index is 368. The Balaban J connectivity index is 1.39. The van der Waals surface area contributed by atoms with Gasteiger partial charge in [0.2, 0.25) is 0 Å². The number of rotatable bonds is 4. The van der Waals surface area contributed by atoms with Crippen LogP contribution in [0.1, 0.15) is 31.5 Å². The average Bonchev–Trinajstić information content (AvgIpc) is 2.87. The van der Waals surface area contributed by atoms with Gasteiger partial charge in [0.05, 0.1) is 6.54 Å². The van der Waals surface area contributed by atoms with Crippen LogP contribution < -0.4 is 5.32 Å². The van der Waals surface area contributed by atoms with Crippen molar-refractivity contribution in [3.8, 4) is 0 Å². The number of piperidine rings is 1. The predicted octanol–water partition coefficient (Wildman–Crippen LogP) is 1.48. The number of fused-ring (bicyclic) bond motifs is 1. The van der Waals surface area contributed by atoms with E-state index in [0.29, 0.717) is 0 Å². The minimum Gasteiger partial charge on any atom is -0.333 e. The second-order valence-electron chi connectivity index (χ2n) is 5.67.